The van der Waals surface area contributed by atoms with Crippen molar-refractivity contribution in [3.05, 3.63) is 24.5 Å². The van der Waals surface area contributed by atoms with Gasteiger partial charge in [-0.15, -0.1) is 0 Å². The van der Waals surface area contributed by atoms with Gasteiger partial charge in [0, 0.05) is 24.7 Å². The molecular formula is C13H18N2O. The van der Waals surface area contributed by atoms with Crippen molar-refractivity contribution in [3.63, 3.8) is 0 Å². The number of likely N-dealkylation sites (N-methyl/N-ethyl adjacent to an activating group) is 1. The van der Waals surface area contributed by atoms with Gasteiger partial charge in [0.25, 0.3) is 0 Å². The molecule has 0 spiro atoms. The highest BCUT2D eigenvalue weighted by atomic mass is 16.5. The Hall–Kier alpha value is -1.09. The maximum atomic E-state index is 6.09. The third-order valence-electron chi connectivity index (χ3n) is 3.93. The van der Waals surface area contributed by atoms with Crippen LogP contribution >= 0.6 is 0 Å². The van der Waals surface area contributed by atoms with Crippen molar-refractivity contribution < 1.29 is 4.74 Å². The van der Waals surface area contributed by atoms with E-state index >= 15 is 0 Å². The molecule has 1 aliphatic carbocycles. The average Bonchev–Trinajstić information content (AvgIpc) is 2.87. The molecule has 3 heteroatoms. The van der Waals surface area contributed by atoms with Crippen LogP contribution in [0.2, 0.25) is 0 Å². The molecule has 3 rings (SSSR count). The Morgan fingerprint density at radius 3 is 3.12 bits per heavy atom. The number of nitrogens with zero attached hydrogens (tertiary/aromatic N) is 2. The van der Waals surface area contributed by atoms with Crippen molar-refractivity contribution in [1.82, 2.24) is 9.88 Å². The minimum Gasteiger partial charge on any atom is -0.487 e. The molecule has 1 saturated heterocycles. The monoisotopic (exact) mass is 218 g/mol. The lowest BCUT2D eigenvalue weighted by atomic mass is 10.1. The van der Waals surface area contributed by atoms with E-state index in [0.29, 0.717) is 12.1 Å². The summed E-state index contributed by atoms with van der Waals surface area (Å²) in [5.41, 5.74) is 0. The highest BCUT2D eigenvalue weighted by molar-refractivity contribution is 5.17. The third-order valence-corrected chi connectivity index (χ3v) is 3.93. The lowest BCUT2D eigenvalue weighted by Crippen LogP contribution is -2.35. The first-order valence-corrected chi connectivity index (χ1v) is 6.19. The first-order valence-electron chi connectivity index (χ1n) is 6.19. The molecule has 2 heterocycles. The number of piperidine rings is 1. The summed E-state index contributed by atoms with van der Waals surface area (Å²) in [5.74, 6) is 1.65. The largest absolute Gasteiger partial charge is 0.487 e. The van der Waals surface area contributed by atoms with Gasteiger partial charge in [0.2, 0.25) is 0 Å². The number of pyridine rings is 1. The van der Waals surface area contributed by atoms with Crippen LogP contribution in [-0.2, 0) is 0 Å². The zero-order valence-corrected chi connectivity index (χ0v) is 9.67. The normalized spacial score (nSPS) is 33.2. The van der Waals surface area contributed by atoms with Crippen molar-refractivity contribution in [1.29, 1.82) is 0 Å². The van der Waals surface area contributed by atoms with E-state index in [1.807, 2.05) is 18.3 Å². The van der Waals surface area contributed by atoms with Crippen LogP contribution in [-0.4, -0.2) is 35.1 Å². The molecule has 1 aromatic heterocycles. The Morgan fingerprint density at radius 2 is 2.44 bits per heavy atom. The Bertz CT molecular complexity index is 354. The van der Waals surface area contributed by atoms with Gasteiger partial charge in [-0.25, -0.2) is 0 Å². The standard InChI is InChI=1S/C13H18N2O/c1-2-15-9-10-5-6-12(15)13(10)16-11-4-3-7-14-8-11/h3-4,7-8,10,12-13H,2,5-6,9H2,1H3. The van der Waals surface area contributed by atoms with E-state index < -0.39 is 0 Å². The minimum atomic E-state index is 0.393. The number of hydrogen-bond donors (Lipinski definition) is 0. The Labute approximate surface area is 96.4 Å². The van der Waals surface area contributed by atoms with Crippen molar-refractivity contribution >= 4 is 0 Å². The fraction of sp³-hybridized carbons (Fsp3) is 0.615. The van der Waals surface area contributed by atoms with E-state index in [9.17, 15) is 0 Å². The van der Waals surface area contributed by atoms with Gasteiger partial charge in [0.1, 0.15) is 11.9 Å². The maximum absolute atomic E-state index is 6.09. The summed E-state index contributed by atoms with van der Waals surface area (Å²) in [4.78, 5) is 6.65. The molecule has 2 fully saturated rings. The van der Waals surface area contributed by atoms with Gasteiger partial charge in [-0.05, 0) is 31.5 Å². The number of ether oxygens (including phenoxy) is 1. The van der Waals surface area contributed by atoms with Crippen LogP contribution in [0.5, 0.6) is 5.75 Å². The van der Waals surface area contributed by atoms with Gasteiger partial charge >= 0.3 is 0 Å². The number of hydrogen-bond acceptors (Lipinski definition) is 3. The van der Waals surface area contributed by atoms with E-state index in [-0.39, 0.29) is 0 Å². The van der Waals surface area contributed by atoms with Crippen molar-refractivity contribution in [2.45, 2.75) is 31.9 Å². The molecule has 3 unspecified atom stereocenters. The van der Waals surface area contributed by atoms with Gasteiger partial charge < -0.3 is 4.74 Å². The molecule has 0 aromatic carbocycles. The fourth-order valence-corrected chi connectivity index (χ4v) is 3.16. The SMILES string of the molecule is CCN1CC2CCC1C2Oc1cccnc1. The topological polar surface area (TPSA) is 25.4 Å². The average molecular weight is 218 g/mol. The highest BCUT2D eigenvalue weighted by Gasteiger charge is 2.47. The predicted octanol–water partition coefficient (Wildman–Crippen LogP) is 1.94. The van der Waals surface area contributed by atoms with Crippen LogP contribution in [0.3, 0.4) is 0 Å². The van der Waals surface area contributed by atoms with Crippen molar-refractivity contribution in [2.75, 3.05) is 13.1 Å². The van der Waals surface area contributed by atoms with Gasteiger partial charge in [-0.1, -0.05) is 6.92 Å². The first-order chi connectivity index (χ1) is 7.88. The van der Waals surface area contributed by atoms with Crippen LogP contribution in [0.25, 0.3) is 0 Å². The Balaban J connectivity index is 1.73. The predicted molar refractivity (Wildman–Crippen MR) is 62.4 cm³/mol. The van der Waals surface area contributed by atoms with Crippen molar-refractivity contribution in [3.8, 4) is 5.75 Å². The third kappa shape index (κ3) is 1.59. The van der Waals surface area contributed by atoms with Crippen LogP contribution in [0.15, 0.2) is 24.5 Å². The lowest BCUT2D eigenvalue weighted by Gasteiger charge is -2.25. The van der Waals surface area contributed by atoms with E-state index in [2.05, 4.69) is 16.8 Å². The van der Waals surface area contributed by atoms with Gasteiger partial charge in [-0.3, -0.25) is 9.88 Å². The Morgan fingerprint density at radius 1 is 1.50 bits per heavy atom. The smallest absolute Gasteiger partial charge is 0.138 e. The molecule has 3 nitrogen and oxygen atoms in total. The zero-order chi connectivity index (χ0) is 11.0. The molecule has 1 saturated carbocycles. The number of aromatic nitrogens is 1. The molecular weight excluding hydrogens is 200 g/mol. The summed E-state index contributed by atoms with van der Waals surface area (Å²) in [5, 5.41) is 0. The van der Waals surface area contributed by atoms with Gasteiger partial charge in [0.05, 0.1) is 6.20 Å². The number of fused-ring (bicyclic) bond motifs is 2. The molecule has 0 amide bonds. The van der Waals surface area contributed by atoms with Gasteiger partial charge in [0.15, 0.2) is 0 Å². The van der Waals surface area contributed by atoms with Crippen LogP contribution in [0, 0.1) is 5.92 Å². The second kappa shape index (κ2) is 4.06. The second-order valence-corrected chi connectivity index (χ2v) is 4.76. The molecule has 0 radical (unpaired) electrons. The fourth-order valence-electron chi connectivity index (χ4n) is 3.16. The summed E-state index contributed by atoms with van der Waals surface area (Å²) < 4.78 is 6.09. The van der Waals surface area contributed by atoms with E-state index in [1.54, 1.807) is 6.20 Å². The zero-order valence-electron chi connectivity index (χ0n) is 9.67. The molecule has 1 aromatic rings. The summed E-state index contributed by atoms with van der Waals surface area (Å²) in [6.07, 6.45) is 6.61. The van der Waals surface area contributed by atoms with Crippen molar-refractivity contribution in [2.24, 2.45) is 5.92 Å². The summed E-state index contributed by atoms with van der Waals surface area (Å²) in [6.45, 7) is 4.60. The minimum absolute atomic E-state index is 0.393. The molecule has 0 N–H and O–H groups in total. The maximum Gasteiger partial charge on any atom is 0.138 e. The Kier molecular flexibility index (Phi) is 2.56. The van der Waals surface area contributed by atoms with Crippen LogP contribution in [0.4, 0.5) is 0 Å². The van der Waals surface area contributed by atoms with Crippen LogP contribution < -0.4 is 4.74 Å². The van der Waals surface area contributed by atoms with Crippen LogP contribution in [0.1, 0.15) is 19.8 Å². The molecule has 2 aliphatic rings. The van der Waals surface area contributed by atoms with Gasteiger partial charge in [-0.2, -0.15) is 0 Å². The molecule has 3 atom stereocenters. The van der Waals surface area contributed by atoms with E-state index in [0.717, 1.165) is 18.2 Å². The lowest BCUT2D eigenvalue weighted by molar-refractivity contribution is 0.148. The molecule has 2 bridgehead atoms. The highest BCUT2D eigenvalue weighted by Crippen LogP contribution is 2.39. The van der Waals surface area contributed by atoms with E-state index in [4.69, 9.17) is 4.74 Å². The summed E-state index contributed by atoms with van der Waals surface area (Å²) >= 11 is 0. The quantitative estimate of drug-likeness (QED) is 0.775. The second-order valence-electron chi connectivity index (χ2n) is 4.76. The molecule has 86 valence electrons. The number of rotatable bonds is 3. The molecule has 16 heavy (non-hydrogen) atoms. The summed E-state index contributed by atoms with van der Waals surface area (Å²) in [6, 6.07) is 4.57. The first kappa shape index (κ1) is 10.1. The summed E-state index contributed by atoms with van der Waals surface area (Å²) in [7, 11) is 0. The molecule has 1 aliphatic heterocycles. The number of likely N-dealkylation sites (tertiary alicyclic amines) is 1. The van der Waals surface area contributed by atoms with E-state index in [1.165, 1.54) is 19.4 Å².